The van der Waals surface area contributed by atoms with Gasteiger partial charge in [-0.25, -0.2) is 8.78 Å². The van der Waals surface area contributed by atoms with Crippen LogP contribution >= 0.6 is 0 Å². The van der Waals surface area contributed by atoms with Crippen LogP contribution < -0.4 is 4.74 Å². The van der Waals surface area contributed by atoms with Crippen LogP contribution in [-0.4, -0.2) is 7.11 Å². The normalized spacial score (nSPS) is 11.5. The molecule has 3 heteroatoms. The average molecular weight is 200 g/mol. The van der Waals surface area contributed by atoms with E-state index in [0.29, 0.717) is 5.75 Å². The standard InChI is InChI=1S/C11H14F2O/c1-4-11(12,13)9-5-6-10(14-3)8(2)7-9/h5-7H,4H2,1-3H3. The van der Waals surface area contributed by atoms with Crippen molar-refractivity contribution in [2.75, 3.05) is 7.11 Å². The van der Waals surface area contributed by atoms with Gasteiger partial charge in [-0.3, -0.25) is 0 Å². The Kier molecular flexibility index (Phi) is 3.09. The highest BCUT2D eigenvalue weighted by atomic mass is 19.3. The minimum absolute atomic E-state index is 0.0540. The van der Waals surface area contributed by atoms with Gasteiger partial charge in [-0.1, -0.05) is 6.92 Å². The Hall–Kier alpha value is -1.12. The molecule has 0 aromatic heterocycles. The third-order valence-corrected chi connectivity index (χ3v) is 2.26. The van der Waals surface area contributed by atoms with Crippen molar-refractivity contribution in [2.24, 2.45) is 0 Å². The van der Waals surface area contributed by atoms with Crippen molar-refractivity contribution in [3.63, 3.8) is 0 Å². The predicted molar refractivity (Wildman–Crippen MR) is 51.9 cm³/mol. The molecule has 0 N–H and O–H groups in total. The number of alkyl halides is 2. The van der Waals surface area contributed by atoms with E-state index >= 15 is 0 Å². The smallest absolute Gasteiger partial charge is 0.273 e. The molecule has 0 aliphatic rings. The van der Waals surface area contributed by atoms with Crippen molar-refractivity contribution < 1.29 is 13.5 Å². The zero-order chi connectivity index (χ0) is 10.8. The molecule has 0 aliphatic carbocycles. The average Bonchev–Trinajstić information content (AvgIpc) is 2.17. The van der Waals surface area contributed by atoms with Gasteiger partial charge in [-0.2, -0.15) is 0 Å². The van der Waals surface area contributed by atoms with E-state index in [1.165, 1.54) is 26.2 Å². The van der Waals surface area contributed by atoms with E-state index in [0.717, 1.165) is 5.56 Å². The van der Waals surface area contributed by atoms with Crippen LogP contribution in [0.4, 0.5) is 8.78 Å². The Morgan fingerprint density at radius 3 is 2.43 bits per heavy atom. The first kappa shape index (κ1) is 11.0. The summed E-state index contributed by atoms with van der Waals surface area (Å²) in [6.45, 7) is 3.23. The molecule has 0 heterocycles. The summed E-state index contributed by atoms with van der Waals surface area (Å²) in [5.74, 6) is -2.10. The molecule has 1 aromatic carbocycles. The molecule has 0 radical (unpaired) electrons. The van der Waals surface area contributed by atoms with Crippen molar-refractivity contribution in [3.05, 3.63) is 29.3 Å². The Morgan fingerprint density at radius 1 is 1.36 bits per heavy atom. The van der Waals surface area contributed by atoms with Gasteiger partial charge in [-0.15, -0.1) is 0 Å². The number of halogens is 2. The number of rotatable bonds is 3. The van der Waals surface area contributed by atoms with Crippen molar-refractivity contribution in [1.82, 2.24) is 0 Å². The largest absolute Gasteiger partial charge is 0.496 e. The summed E-state index contributed by atoms with van der Waals surface area (Å²) in [6, 6.07) is 4.46. The minimum atomic E-state index is -2.74. The molecule has 1 rings (SSSR count). The lowest BCUT2D eigenvalue weighted by molar-refractivity contribution is -0.00837. The van der Waals surface area contributed by atoms with Crippen LogP contribution in [0, 0.1) is 6.92 Å². The highest BCUT2D eigenvalue weighted by Crippen LogP contribution is 2.33. The van der Waals surface area contributed by atoms with Crippen molar-refractivity contribution in [1.29, 1.82) is 0 Å². The number of hydrogen-bond donors (Lipinski definition) is 0. The van der Waals surface area contributed by atoms with Gasteiger partial charge in [-0.05, 0) is 30.7 Å². The van der Waals surface area contributed by atoms with Gasteiger partial charge < -0.3 is 4.74 Å². The molecule has 0 aliphatic heterocycles. The fourth-order valence-electron chi connectivity index (χ4n) is 1.31. The molecule has 14 heavy (non-hydrogen) atoms. The molecule has 0 amide bonds. The highest BCUT2D eigenvalue weighted by molar-refractivity contribution is 5.37. The summed E-state index contributed by atoms with van der Waals surface area (Å²) in [7, 11) is 1.53. The second-order valence-electron chi connectivity index (χ2n) is 3.24. The fraction of sp³-hybridized carbons (Fsp3) is 0.455. The number of hydrogen-bond acceptors (Lipinski definition) is 1. The molecule has 1 aromatic rings. The maximum Gasteiger partial charge on any atom is 0.273 e. The first-order chi connectivity index (χ1) is 6.51. The van der Waals surface area contributed by atoms with Gasteiger partial charge in [0.25, 0.3) is 5.92 Å². The molecule has 0 unspecified atom stereocenters. The predicted octanol–water partition coefficient (Wildman–Crippen LogP) is 3.51. The number of benzene rings is 1. The summed E-state index contributed by atoms with van der Waals surface area (Å²) in [5.41, 5.74) is 0.788. The first-order valence-corrected chi connectivity index (χ1v) is 4.54. The van der Waals surface area contributed by atoms with Crippen LogP contribution in [0.5, 0.6) is 5.75 Å². The van der Waals surface area contributed by atoms with Gasteiger partial charge in [0.2, 0.25) is 0 Å². The van der Waals surface area contributed by atoms with E-state index in [2.05, 4.69) is 0 Å². The molecule has 0 saturated heterocycles. The summed E-state index contributed by atoms with van der Waals surface area (Å²) in [6.07, 6.45) is -0.182. The van der Waals surface area contributed by atoms with Gasteiger partial charge in [0.05, 0.1) is 7.11 Å². The lowest BCUT2D eigenvalue weighted by atomic mass is 10.0. The number of methoxy groups -OCH3 is 1. The second-order valence-corrected chi connectivity index (χ2v) is 3.24. The summed E-state index contributed by atoms with van der Waals surface area (Å²) < 4.78 is 31.5. The molecule has 0 atom stereocenters. The highest BCUT2D eigenvalue weighted by Gasteiger charge is 2.29. The van der Waals surface area contributed by atoms with Gasteiger partial charge >= 0.3 is 0 Å². The van der Waals surface area contributed by atoms with Crippen LogP contribution in [0.15, 0.2) is 18.2 Å². The molecule has 0 bridgehead atoms. The first-order valence-electron chi connectivity index (χ1n) is 4.54. The topological polar surface area (TPSA) is 9.23 Å². The quantitative estimate of drug-likeness (QED) is 0.725. The Labute approximate surface area is 82.7 Å². The molecule has 0 spiro atoms. The van der Waals surface area contributed by atoms with Crippen LogP contribution in [0.2, 0.25) is 0 Å². The van der Waals surface area contributed by atoms with Crippen LogP contribution in [0.3, 0.4) is 0 Å². The van der Waals surface area contributed by atoms with Crippen LogP contribution in [-0.2, 0) is 5.92 Å². The summed E-state index contributed by atoms with van der Waals surface area (Å²) >= 11 is 0. The molecular formula is C11H14F2O. The lowest BCUT2D eigenvalue weighted by Crippen LogP contribution is -2.11. The van der Waals surface area contributed by atoms with Crippen molar-refractivity contribution in [2.45, 2.75) is 26.2 Å². The van der Waals surface area contributed by atoms with Gasteiger partial charge in [0, 0.05) is 12.0 Å². The van der Waals surface area contributed by atoms with E-state index in [1.807, 2.05) is 0 Å². The second kappa shape index (κ2) is 3.95. The number of ether oxygens (including phenoxy) is 1. The SMILES string of the molecule is CCC(F)(F)c1ccc(OC)c(C)c1. The fourth-order valence-corrected chi connectivity index (χ4v) is 1.31. The lowest BCUT2D eigenvalue weighted by Gasteiger charge is -2.15. The Morgan fingerprint density at radius 2 is 2.00 bits per heavy atom. The minimum Gasteiger partial charge on any atom is -0.496 e. The Balaban J connectivity index is 3.08. The van der Waals surface area contributed by atoms with E-state index in [-0.39, 0.29) is 12.0 Å². The maximum atomic E-state index is 13.3. The van der Waals surface area contributed by atoms with Crippen molar-refractivity contribution in [3.8, 4) is 5.75 Å². The molecule has 0 fully saturated rings. The molecule has 0 saturated carbocycles. The van der Waals surface area contributed by atoms with E-state index in [9.17, 15) is 8.78 Å². The third-order valence-electron chi connectivity index (χ3n) is 2.26. The van der Waals surface area contributed by atoms with E-state index < -0.39 is 5.92 Å². The molecule has 1 nitrogen and oxygen atoms in total. The van der Waals surface area contributed by atoms with Crippen LogP contribution in [0.1, 0.15) is 24.5 Å². The summed E-state index contributed by atoms with van der Waals surface area (Å²) in [4.78, 5) is 0. The van der Waals surface area contributed by atoms with Crippen LogP contribution in [0.25, 0.3) is 0 Å². The van der Waals surface area contributed by atoms with E-state index in [1.54, 1.807) is 13.0 Å². The monoisotopic (exact) mass is 200 g/mol. The Bertz CT molecular complexity index is 321. The van der Waals surface area contributed by atoms with Crippen molar-refractivity contribution >= 4 is 0 Å². The zero-order valence-corrected chi connectivity index (χ0v) is 8.60. The maximum absolute atomic E-state index is 13.3. The summed E-state index contributed by atoms with van der Waals surface area (Å²) in [5, 5.41) is 0. The van der Waals surface area contributed by atoms with Gasteiger partial charge in [0.1, 0.15) is 5.75 Å². The molecule has 78 valence electrons. The third kappa shape index (κ3) is 2.03. The number of aryl methyl sites for hydroxylation is 1. The van der Waals surface area contributed by atoms with E-state index in [4.69, 9.17) is 4.74 Å². The van der Waals surface area contributed by atoms with Gasteiger partial charge in [0.15, 0.2) is 0 Å². The molecular weight excluding hydrogens is 186 g/mol. The zero-order valence-electron chi connectivity index (χ0n) is 8.60.